The molecular formula is C17H14F3NO3S. The van der Waals surface area contributed by atoms with Crippen molar-refractivity contribution in [3.63, 3.8) is 0 Å². The van der Waals surface area contributed by atoms with Crippen molar-refractivity contribution in [2.75, 3.05) is 5.32 Å². The lowest BCUT2D eigenvalue weighted by atomic mass is 9.83. The van der Waals surface area contributed by atoms with Gasteiger partial charge in [-0.1, -0.05) is 30.3 Å². The number of benzene rings is 1. The summed E-state index contributed by atoms with van der Waals surface area (Å²) in [7, 11) is 0. The highest BCUT2D eigenvalue weighted by molar-refractivity contribution is 7.17. The van der Waals surface area contributed by atoms with Gasteiger partial charge in [0.25, 0.3) is 0 Å². The van der Waals surface area contributed by atoms with Gasteiger partial charge in [0.1, 0.15) is 5.00 Å². The number of halogens is 3. The first kappa shape index (κ1) is 17.5. The second kappa shape index (κ2) is 6.51. The molecule has 1 amide bonds. The van der Waals surface area contributed by atoms with Crippen molar-refractivity contribution >= 4 is 28.2 Å². The van der Waals surface area contributed by atoms with Crippen molar-refractivity contribution in [3.8, 4) is 0 Å². The average Bonchev–Trinajstić information content (AvgIpc) is 2.91. The molecule has 0 spiro atoms. The molecule has 1 heterocycles. The highest BCUT2D eigenvalue weighted by atomic mass is 32.1. The molecule has 0 bridgehead atoms. The number of carbonyl (C=O) groups is 2. The molecule has 0 fully saturated rings. The van der Waals surface area contributed by atoms with E-state index in [-0.39, 0.29) is 16.5 Å². The summed E-state index contributed by atoms with van der Waals surface area (Å²) in [6, 6.07) is 9.69. The second-order valence-electron chi connectivity index (χ2n) is 5.82. The first-order valence-electron chi connectivity index (χ1n) is 7.58. The summed E-state index contributed by atoms with van der Waals surface area (Å²) in [6.07, 6.45) is -3.35. The third-order valence-electron chi connectivity index (χ3n) is 4.23. The van der Waals surface area contributed by atoms with E-state index in [0.29, 0.717) is 24.8 Å². The Morgan fingerprint density at radius 1 is 1.20 bits per heavy atom. The number of hydrogen-bond acceptors (Lipinski definition) is 3. The van der Waals surface area contributed by atoms with Crippen LogP contribution in [0.2, 0.25) is 0 Å². The number of rotatable bonds is 3. The van der Waals surface area contributed by atoms with Gasteiger partial charge in [-0.2, -0.15) is 13.2 Å². The molecule has 1 atom stereocenters. The number of carboxylic acids is 1. The Bertz CT molecular complexity index is 815. The number of thiophene rings is 1. The van der Waals surface area contributed by atoms with Gasteiger partial charge in [0.15, 0.2) is 0 Å². The Labute approximate surface area is 145 Å². The number of anilines is 1. The monoisotopic (exact) mass is 369 g/mol. The highest BCUT2D eigenvalue weighted by Crippen LogP contribution is 2.42. The highest BCUT2D eigenvalue weighted by Gasteiger charge is 2.40. The molecule has 2 aromatic rings. The zero-order valence-corrected chi connectivity index (χ0v) is 13.7. The first-order chi connectivity index (χ1) is 11.8. The molecule has 1 aromatic heterocycles. The van der Waals surface area contributed by atoms with Crippen LogP contribution in [0.3, 0.4) is 0 Å². The van der Waals surface area contributed by atoms with Crippen LogP contribution >= 0.6 is 11.3 Å². The van der Waals surface area contributed by atoms with Gasteiger partial charge in [-0.3, -0.25) is 4.79 Å². The summed E-state index contributed by atoms with van der Waals surface area (Å²) < 4.78 is 37.4. The van der Waals surface area contributed by atoms with E-state index in [2.05, 4.69) is 0 Å². The lowest BCUT2D eigenvalue weighted by Gasteiger charge is -2.22. The Kier molecular flexibility index (Phi) is 4.55. The predicted octanol–water partition coefficient (Wildman–Crippen LogP) is 4.22. The molecule has 1 aliphatic carbocycles. The predicted molar refractivity (Wildman–Crippen MR) is 87.2 cm³/mol. The number of carbonyl (C=O) groups excluding carboxylic acids is 1. The Balaban J connectivity index is 1.92. The average molecular weight is 369 g/mol. The number of amides is 1. The zero-order chi connectivity index (χ0) is 18.2. The smallest absolute Gasteiger partial charge is 0.471 e. The molecule has 0 saturated heterocycles. The van der Waals surface area contributed by atoms with Crippen molar-refractivity contribution < 1.29 is 27.9 Å². The largest absolute Gasteiger partial charge is 0.478 e. The van der Waals surface area contributed by atoms with Gasteiger partial charge in [-0.25, -0.2) is 4.79 Å². The molecule has 1 aliphatic rings. The van der Waals surface area contributed by atoms with Crippen LogP contribution in [0.5, 0.6) is 0 Å². The fraction of sp³-hybridized carbons (Fsp3) is 0.294. The Morgan fingerprint density at radius 3 is 2.48 bits per heavy atom. The Morgan fingerprint density at radius 2 is 1.88 bits per heavy atom. The van der Waals surface area contributed by atoms with Crippen LogP contribution in [-0.4, -0.2) is 23.2 Å². The van der Waals surface area contributed by atoms with Gasteiger partial charge in [0.2, 0.25) is 0 Å². The van der Waals surface area contributed by atoms with Crippen molar-refractivity contribution in [1.29, 1.82) is 0 Å². The number of alkyl halides is 3. The molecule has 4 nitrogen and oxygen atoms in total. The third-order valence-corrected chi connectivity index (χ3v) is 5.40. The van der Waals surface area contributed by atoms with Crippen molar-refractivity contribution in [2.24, 2.45) is 0 Å². The molecule has 1 aromatic carbocycles. The fourth-order valence-electron chi connectivity index (χ4n) is 3.08. The topological polar surface area (TPSA) is 66.4 Å². The lowest BCUT2D eigenvalue weighted by molar-refractivity contribution is -0.167. The summed E-state index contributed by atoms with van der Waals surface area (Å²) in [6.45, 7) is 0. The van der Waals surface area contributed by atoms with E-state index in [4.69, 9.17) is 0 Å². The van der Waals surface area contributed by atoms with Gasteiger partial charge in [0.05, 0.1) is 5.56 Å². The molecule has 2 N–H and O–H groups in total. The minimum atomic E-state index is -5.06. The maximum absolute atomic E-state index is 12.5. The number of aromatic carboxylic acids is 1. The molecule has 0 aliphatic heterocycles. The van der Waals surface area contributed by atoms with E-state index in [1.807, 2.05) is 30.3 Å². The molecule has 0 saturated carbocycles. The quantitative estimate of drug-likeness (QED) is 0.851. The first-order valence-corrected chi connectivity index (χ1v) is 8.40. The van der Waals surface area contributed by atoms with Crippen LogP contribution < -0.4 is 5.32 Å². The van der Waals surface area contributed by atoms with Gasteiger partial charge in [-0.15, -0.1) is 11.3 Å². The standard InChI is InChI=1S/C17H14F3NO3S/c18-17(19,20)16(24)21-14-13(15(22)23)11-7-6-10(8-12(11)25-14)9-4-2-1-3-5-9/h1-5,10H,6-8H2,(H,21,24)(H,22,23). The maximum Gasteiger partial charge on any atom is 0.471 e. The normalized spacial score (nSPS) is 17.0. The molecule has 1 unspecified atom stereocenters. The molecule has 132 valence electrons. The molecule has 3 rings (SSSR count). The summed E-state index contributed by atoms with van der Waals surface area (Å²) in [5, 5.41) is 10.9. The number of fused-ring (bicyclic) bond motifs is 1. The van der Waals surface area contributed by atoms with Gasteiger partial charge in [-0.05, 0) is 36.3 Å². The van der Waals surface area contributed by atoms with Gasteiger partial charge >= 0.3 is 18.1 Å². The van der Waals surface area contributed by atoms with Crippen LogP contribution in [0.25, 0.3) is 0 Å². The molecule has 0 radical (unpaired) electrons. The molecule has 25 heavy (non-hydrogen) atoms. The number of carboxylic acid groups (broad SMARTS) is 1. The van der Waals surface area contributed by atoms with Gasteiger partial charge < -0.3 is 10.4 Å². The van der Waals surface area contributed by atoms with Gasteiger partial charge in [0, 0.05) is 4.88 Å². The van der Waals surface area contributed by atoms with Crippen LogP contribution in [0.4, 0.5) is 18.2 Å². The van der Waals surface area contributed by atoms with Crippen molar-refractivity contribution in [1.82, 2.24) is 0 Å². The number of hydrogen-bond donors (Lipinski definition) is 2. The van der Waals surface area contributed by atoms with E-state index in [1.54, 1.807) is 5.32 Å². The molecule has 8 heteroatoms. The lowest BCUT2D eigenvalue weighted by Crippen LogP contribution is -2.30. The fourth-order valence-corrected chi connectivity index (χ4v) is 4.40. The summed E-state index contributed by atoms with van der Waals surface area (Å²) >= 11 is 0.920. The minimum absolute atomic E-state index is 0.181. The summed E-state index contributed by atoms with van der Waals surface area (Å²) in [4.78, 5) is 23.4. The van der Waals surface area contributed by atoms with E-state index in [0.717, 1.165) is 21.8 Å². The van der Waals surface area contributed by atoms with E-state index >= 15 is 0 Å². The van der Waals surface area contributed by atoms with Crippen molar-refractivity contribution in [3.05, 3.63) is 51.9 Å². The second-order valence-corrected chi connectivity index (χ2v) is 6.92. The minimum Gasteiger partial charge on any atom is -0.478 e. The summed E-state index contributed by atoms with van der Waals surface area (Å²) in [5.74, 6) is -3.30. The van der Waals surface area contributed by atoms with E-state index < -0.39 is 18.1 Å². The van der Waals surface area contributed by atoms with E-state index in [9.17, 15) is 27.9 Å². The molecular weight excluding hydrogens is 355 g/mol. The zero-order valence-electron chi connectivity index (χ0n) is 12.9. The van der Waals surface area contributed by atoms with E-state index in [1.165, 1.54) is 0 Å². The van der Waals surface area contributed by atoms with Crippen molar-refractivity contribution in [2.45, 2.75) is 31.4 Å². The van der Waals surface area contributed by atoms with Crippen LogP contribution in [0, 0.1) is 0 Å². The van der Waals surface area contributed by atoms with Crippen LogP contribution in [0.1, 0.15) is 38.7 Å². The third kappa shape index (κ3) is 3.53. The SMILES string of the molecule is O=C(O)c1c(NC(=O)C(F)(F)F)sc2c1CCC(c1ccccc1)C2. The Hall–Kier alpha value is -2.35. The number of nitrogens with one attached hydrogen (secondary N) is 1. The van der Waals surface area contributed by atoms with Crippen LogP contribution in [-0.2, 0) is 17.6 Å². The van der Waals surface area contributed by atoms with Crippen LogP contribution in [0.15, 0.2) is 30.3 Å². The maximum atomic E-state index is 12.5. The summed E-state index contributed by atoms with van der Waals surface area (Å²) in [5.41, 5.74) is 1.42.